The van der Waals surface area contributed by atoms with Crippen LogP contribution in [-0.4, -0.2) is 36.4 Å². The molecule has 0 saturated carbocycles. The Kier molecular flexibility index (Phi) is 7.04. The minimum atomic E-state index is -4.70. The Morgan fingerprint density at radius 1 is 0.842 bits per heavy atom. The Balaban J connectivity index is 1.65. The largest absolute Gasteiger partial charge is 0.457 e. The third kappa shape index (κ3) is 6.33. The number of hydrogen-bond donors (Lipinski definition) is 2. The number of alkyl halides is 9. The molecule has 0 aromatic heterocycles. The van der Waals surface area contributed by atoms with E-state index in [-0.39, 0.29) is 33.8 Å². The summed E-state index contributed by atoms with van der Waals surface area (Å²) in [5.41, 5.74) is -0.100. The predicted molar refractivity (Wildman–Crippen MR) is 113 cm³/mol. The van der Waals surface area contributed by atoms with E-state index < -0.39 is 74.0 Å². The lowest BCUT2D eigenvalue weighted by Crippen LogP contribution is -2.54. The lowest BCUT2D eigenvalue weighted by Gasteiger charge is -2.33. The molecule has 0 bridgehead atoms. The molecule has 0 radical (unpaired) electrons. The Morgan fingerprint density at radius 3 is 1.76 bits per heavy atom. The molecule has 2 aliphatic rings. The average Bonchev–Trinajstić information content (AvgIpc) is 2.75. The van der Waals surface area contributed by atoms with E-state index >= 15 is 0 Å². The molecule has 1 saturated heterocycles. The van der Waals surface area contributed by atoms with Crippen molar-refractivity contribution in [2.45, 2.75) is 56.3 Å². The van der Waals surface area contributed by atoms with Gasteiger partial charge in [0, 0.05) is 11.1 Å². The van der Waals surface area contributed by atoms with Gasteiger partial charge in [0.1, 0.15) is 23.5 Å². The molecule has 2 aromatic carbocycles. The van der Waals surface area contributed by atoms with Crippen LogP contribution in [0.2, 0.25) is 0 Å². The van der Waals surface area contributed by atoms with Crippen LogP contribution in [0.15, 0.2) is 36.4 Å². The molecule has 38 heavy (non-hydrogen) atoms. The van der Waals surface area contributed by atoms with Crippen LogP contribution in [0.25, 0.3) is 0 Å². The van der Waals surface area contributed by atoms with Gasteiger partial charge in [0.15, 0.2) is 0 Å². The summed E-state index contributed by atoms with van der Waals surface area (Å²) in [6, 6.07) is 3.59. The molecule has 1 fully saturated rings. The summed E-state index contributed by atoms with van der Waals surface area (Å²) < 4.78 is 122. The zero-order valence-corrected chi connectivity index (χ0v) is 19.2. The fraction of sp³-hybridized carbons (Fsp3) is 0.417. The molecule has 2 atom stereocenters. The van der Waals surface area contributed by atoms with Crippen molar-refractivity contribution in [3.8, 4) is 11.5 Å². The molecule has 2 heterocycles. The van der Waals surface area contributed by atoms with E-state index in [2.05, 4.69) is 5.32 Å². The summed E-state index contributed by atoms with van der Waals surface area (Å²) in [7, 11) is 0. The zero-order chi connectivity index (χ0) is 28.0. The van der Waals surface area contributed by atoms with E-state index in [9.17, 15) is 49.1 Å². The average molecular weight is 554 g/mol. The fourth-order valence-corrected chi connectivity index (χ4v) is 4.48. The highest BCUT2D eigenvalue weighted by atomic mass is 19.4. The monoisotopic (exact) mass is 554 g/mol. The van der Waals surface area contributed by atoms with Crippen molar-refractivity contribution in [1.82, 2.24) is 10.6 Å². The van der Waals surface area contributed by atoms with Gasteiger partial charge in [-0.25, -0.2) is 0 Å². The normalized spacial score (nSPS) is 20.2. The second kappa shape index (κ2) is 9.70. The van der Waals surface area contributed by atoms with Crippen LogP contribution in [0.1, 0.15) is 41.1 Å². The molecule has 2 aliphatic heterocycles. The van der Waals surface area contributed by atoms with Gasteiger partial charge >= 0.3 is 18.5 Å². The molecule has 0 spiro atoms. The van der Waals surface area contributed by atoms with Crippen LogP contribution in [0.3, 0.4) is 0 Å². The molecular weight excluding hydrogens is 535 g/mol. The highest BCUT2D eigenvalue weighted by Gasteiger charge is 2.46. The highest BCUT2D eigenvalue weighted by Crippen LogP contribution is 2.45. The van der Waals surface area contributed by atoms with Gasteiger partial charge in [-0.2, -0.15) is 39.5 Å². The molecule has 5 nitrogen and oxygen atoms in total. The molecule has 206 valence electrons. The van der Waals surface area contributed by atoms with Gasteiger partial charge in [-0.15, -0.1) is 0 Å². The van der Waals surface area contributed by atoms with Crippen LogP contribution < -0.4 is 15.4 Å². The van der Waals surface area contributed by atoms with Gasteiger partial charge < -0.3 is 15.4 Å². The number of halogens is 9. The van der Waals surface area contributed by atoms with E-state index in [0.29, 0.717) is 0 Å². The number of hydrogen-bond acceptors (Lipinski definition) is 3. The van der Waals surface area contributed by atoms with E-state index in [4.69, 9.17) is 4.74 Å². The summed E-state index contributed by atoms with van der Waals surface area (Å²) in [5, 5.41) is 4.27. The van der Waals surface area contributed by atoms with Crippen LogP contribution in [0, 0.1) is 5.92 Å². The van der Waals surface area contributed by atoms with Gasteiger partial charge in [-0.1, -0.05) is 24.3 Å². The summed E-state index contributed by atoms with van der Waals surface area (Å²) in [4.78, 5) is 25.2. The maximum Gasteiger partial charge on any atom is 0.408 e. The number of benzene rings is 2. The van der Waals surface area contributed by atoms with Gasteiger partial charge in [-0.3, -0.25) is 9.59 Å². The second-order valence-electron chi connectivity index (χ2n) is 9.10. The number of piperidine rings is 1. The summed E-state index contributed by atoms with van der Waals surface area (Å²) in [6.45, 7) is 0. The molecule has 0 aliphatic carbocycles. The summed E-state index contributed by atoms with van der Waals surface area (Å²) >= 11 is 0. The molecule has 2 aromatic rings. The van der Waals surface area contributed by atoms with E-state index in [0.717, 1.165) is 24.3 Å². The molecule has 4 rings (SSSR count). The van der Waals surface area contributed by atoms with Crippen molar-refractivity contribution >= 4 is 11.8 Å². The topological polar surface area (TPSA) is 67.4 Å². The first-order valence-corrected chi connectivity index (χ1v) is 11.2. The maximum atomic E-state index is 13.0. The fourth-order valence-electron chi connectivity index (χ4n) is 4.48. The molecule has 14 heteroatoms. The Labute approximate surface area is 209 Å². The number of nitrogens with one attached hydrogen (secondary N) is 2. The lowest BCUT2D eigenvalue weighted by atomic mass is 9.89. The minimum Gasteiger partial charge on any atom is -0.457 e. The van der Waals surface area contributed by atoms with Gasteiger partial charge in [0.05, 0.1) is 18.9 Å². The van der Waals surface area contributed by atoms with Crippen molar-refractivity contribution in [2.24, 2.45) is 5.92 Å². The van der Waals surface area contributed by atoms with E-state index in [1.54, 1.807) is 5.32 Å². The number of ether oxygens (including phenoxy) is 1. The van der Waals surface area contributed by atoms with Crippen molar-refractivity contribution < 1.29 is 53.8 Å². The first-order chi connectivity index (χ1) is 17.5. The third-order valence-electron chi connectivity index (χ3n) is 6.18. The maximum absolute atomic E-state index is 13.0. The standard InChI is InChI=1S/C24H19F9N2O3/c25-22(26,27)9-11-1-3-13-16(7-11)38-17-8-12(10-23(28,29)30)2-4-14(17)19(13)35-21(37)15-5-6-18(24(31,32)33)34-20(15)36/h1-4,7-8,15,18-19H,5-6,9-10H2,(H,34,36)(H,35,37). The number of rotatable bonds is 4. The molecule has 2 unspecified atom stereocenters. The van der Waals surface area contributed by atoms with Crippen molar-refractivity contribution in [1.29, 1.82) is 0 Å². The Morgan fingerprint density at radius 2 is 1.34 bits per heavy atom. The van der Waals surface area contributed by atoms with Crippen molar-refractivity contribution in [3.05, 3.63) is 58.7 Å². The summed E-state index contributed by atoms with van der Waals surface area (Å²) in [5.74, 6) is -3.90. The van der Waals surface area contributed by atoms with Crippen LogP contribution in [-0.2, 0) is 22.4 Å². The summed E-state index contributed by atoms with van der Waals surface area (Å²) in [6.07, 6.45) is -17.4. The van der Waals surface area contributed by atoms with Crippen molar-refractivity contribution in [2.75, 3.05) is 0 Å². The van der Waals surface area contributed by atoms with E-state index in [1.807, 2.05) is 0 Å². The lowest BCUT2D eigenvalue weighted by molar-refractivity contribution is -0.171. The smallest absolute Gasteiger partial charge is 0.408 e. The van der Waals surface area contributed by atoms with Gasteiger partial charge in [-0.05, 0) is 36.1 Å². The zero-order valence-electron chi connectivity index (χ0n) is 19.2. The quantitative estimate of drug-likeness (QED) is 0.379. The minimum absolute atomic E-state index is 0.154. The van der Waals surface area contributed by atoms with Gasteiger partial charge in [0.2, 0.25) is 11.8 Å². The highest BCUT2D eigenvalue weighted by molar-refractivity contribution is 6.01. The van der Waals surface area contributed by atoms with Crippen LogP contribution >= 0.6 is 0 Å². The molecule has 2 N–H and O–H groups in total. The van der Waals surface area contributed by atoms with Crippen LogP contribution in [0.4, 0.5) is 39.5 Å². The van der Waals surface area contributed by atoms with Gasteiger partial charge in [0.25, 0.3) is 0 Å². The third-order valence-corrected chi connectivity index (χ3v) is 6.18. The van der Waals surface area contributed by atoms with Crippen LogP contribution in [0.5, 0.6) is 11.5 Å². The van der Waals surface area contributed by atoms with Crippen molar-refractivity contribution in [3.63, 3.8) is 0 Å². The number of carbonyl (C=O) groups excluding carboxylic acids is 2. The number of carbonyl (C=O) groups is 2. The predicted octanol–water partition coefficient (Wildman–Crippen LogP) is 5.66. The second-order valence-corrected chi connectivity index (χ2v) is 9.10. The SMILES string of the molecule is O=C(NC1c2ccc(CC(F)(F)F)cc2Oc2cc(CC(F)(F)F)ccc21)C1CCC(C(F)(F)F)NC1=O. The number of fused-ring (bicyclic) bond motifs is 2. The first kappa shape index (κ1) is 27.6. The Bertz CT molecular complexity index is 1170. The van der Waals surface area contributed by atoms with E-state index in [1.165, 1.54) is 12.1 Å². The first-order valence-electron chi connectivity index (χ1n) is 11.2. The Hall–Kier alpha value is -3.45. The number of amides is 2. The molecular formula is C24H19F9N2O3. The molecule has 2 amide bonds.